The molecule has 0 aliphatic heterocycles. The first-order valence-corrected chi connectivity index (χ1v) is 7.60. The van der Waals surface area contributed by atoms with E-state index >= 15 is 0 Å². The third kappa shape index (κ3) is 4.23. The molecule has 3 N–H and O–H groups in total. The molecule has 0 unspecified atom stereocenters. The van der Waals surface area contributed by atoms with Gasteiger partial charge in [0.15, 0.2) is 0 Å². The first-order chi connectivity index (χ1) is 11.0. The molecule has 2 aromatic carbocycles. The Morgan fingerprint density at radius 2 is 1.70 bits per heavy atom. The summed E-state index contributed by atoms with van der Waals surface area (Å²) in [6, 6.07) is 11.8. The van der Waals surface area contributed by atoms with Crippen molar-refractivity contribution in [1.29, 1.82) is 0 Å². The minimum atomic E-state index is -0.308. The third-order valence-corrected chi connectivity index (χ3v) is 3.45. The van der Waals surface area contributed by atoms with Gasteiger partial charge in [-0.25, -0.2) is 0 Å². The Morgan fingerprint density at radius 1 is 1.00 bits per heavy atom. The lowest BCUT2D eigenvalue weighted by Crippen LogP contribution is -2.19. The van der Waals surface area contributed by atoms with Gasteiger partial charge in [-0.2, -0.15) is 0 Å². The second-order valence-corrected chi connectivity index (χ2v) is 5.27. The van der Waals surface area contributed by atoms with Gasteiger partial charge < -0.3 is 16.0 Å². The fourth-order valence-corrected chi connectivity index (χ4v) is 2.28. The van der Waals surface area contributed by atoms with Crippen molar-refractivity contribution in [3.05, 3.63) is 58.6 Å². The van der Waals surface area contributed by atoms with Gasteiger partial charge in [0, 0.05) is 29.7 Å². The zero-order chi connectivity index (χ0) is 16.8. The number of rotatable bonds is 5. The van der Waals surface area contributed by atoms with Crippen molar-refractivity contribution in [2.75, 3.05) is 24.2 Å². The molecule has 6 heteroatoms. The molecule has 5 nitrogen and oxygen atoms in total. The maximum Gasteiger partial charge on any atom is 0.255 e. The molecule has 0 aromatic heterocycles. The van der Waals surface area contributed by atoms with Gasteiger partial charge in [0.05, 0.1) is 11.4 Å². The van der Waals surface area contributed by atoms with Crippen molar-refractivity contribution >= 4 is 34.8 Å². The normalized spacial score (nSPS) is 10.0. The van der Waals surface area contributed by atoms with Gasteiger partial charge in [-0.15, -0.1) is 0 Å². The van der Waals surface area contributed by atoms with E-state index in [1.54, 1.807) is 43.4 Å². The molecule has 0 saturated carbocycles. The molecule has 23 heavy (non-hydrogen) atoms. The molecule has 2 aromatic rings. The number of hydrogen-bond donors (Lipinski definition) is 3. The van der Waals surface area contributed by atoms with Crippen LogP contribution in [0.4, 0.5) is 11.4 Å². The van der Waals surface area contributed by atoms with E-state index in [4.69, 9.17) is 11.6 Å². The van der Waals surface area contributed by atoms with Crippen molar-refractivity contribution in [3.8, 4) is 0 Å². The standard InChI is InChI=1S/C17H18ClN3O2/c1-3-20-14-8-7-13(18)10-15(14)21-17(23)12-6-4-5-11(9-12)16(22)19-2/h4-10,20H,3H2,1-2H3,(H,19,22)(H,21,23). The maximum absolute atomic E-state index is 12.4. The van der Waals surface area contributed by atoms with E-state index in [9.17, 15) is 9.59 Å². The first kappa shape index (κ1) is 16.8. The molecular weight excluding hydrogens is 314 g/mol. The quantitative estimate of drug-likeness (QED) is 0.786. The van der Waals surface area contributed by atoms with E-state index in [0.29, 0.717) is 21.8 Å². The van der Waals surface area contributed by atoms with Crippen LogP contribution in [0.25, 0.3) is 0 Å². The summed E-state index contributed by atoms with van der Waals surface area (Å²) < 4.78 is 0. The highest BCUT2D eigenvalue weighted by Gasteiger charge is 2.12. The Labute approximate surface area is 140 Å². The molecule has 0 fully saturated rings. The minimum Gasteiger partial charge on any atom is -0.384 e. The fraction of sp³-hybridized carbons (Fsp3) is 0.176. The van der Waals surface area contributed by atoms with Crippen LogP contribution < -0.4 is 16.0 Å². The minimum absolute atomic E-state index is 0.240. The first-order valence-electron chi connectivity index (χ1n) is 7.22. The smallest absolute Gasteiger partial charge is 0.255 e. The van der Waals surface area contributed by atoms with E-state index in [1.165, 1.54) is 0 Å². The average Bonchev–Trinajstić information content (AvgIpc) is 2.56. The van der Waals surface area contributed by atoms with Crippen LogP contribution in [0.3, 0.4) is 0 Å². The van der Waals surface area contributed by atoms with Crippen LogP contribution in [-0.4, -0.2) is 25.4 Å². The van der Waals surface area contributed by atoms with Crippen LogP contribution in [-0.2, 0) is 0 Å². The topological polar surface area (TPSA) is 70.2 Å². The summed E-state index contributed by atoms with van der Waals surface area (Å²) >= 11 is 6.00. The maximum atomic E-state index is 12.4. The van der Waals surface area contributed by atoms with E-state index in [0.717, 1.165) is 12.2 Å². The monoisotopic (exact) mass is 331 g/mol. The van der Waals surface area contributed by atoms with E-state index < -0.39 is 0 Å². The van der Waals surface area contributed by atoms with E-state index in [-0.39, 0.29) is 11.8 Å². The van der Waals surface area contributed by atoms with Gasteiger partial charge in [0.25, 0.3) is 11.8 Å². The molecule has 2 amide bonds. The van der Waals surface area contributed by atoms with Crippen molar-refractivity contribution in [2.24, 2.45) is 0 Å². The highest BCUT2D eigenvalue weighted by atomic mass is 35.5. The van der Waals surface area contributed by atoms with Crippen molar-refractivity contribution in [3.63, 3.8) is 0 Å². The Bertz CT molecular complexity index is 732. The molecule has 0 radical (unpaired) electrons. The van der Waals surface area contributed by atoms with E-state index in [2.05, 4.69) is 16.0 Å². The van der Waals surface area contributed by atoms with Crippen molar-refractivity contribution in [2.45, 2.75) is 6.92 Å². The Kier molecular flexibility index (Phi) is 5.60. The average molecular weight is 332 g/mol. The predicted molar refractivity (Wildman–Crippen MR) is 93.4 cm³/mol. The number of hydrogen-bond acceptors (Lipinski definition) is 3. The Morgan fingerprint density at radius 3 is 2.35 bits per heavy atom. The van der Waals surface area contributed by atoms with Gasteiger partial charge in [-0.05, 0) is 43.3 Å². The second kappa shape index (κ2) is 7.65. The zero-order valence-corrected chi connectivity index (χ0v) is 13.7. The number of halogens is 1. The summed E-state index contributed by atoms with van der Waals surface area (Å²) in [5.74, 6) is -0.548. The highest BCUT2D eigenvalue weighted by Crippen LogP contribution is 2.26. The Balaban J connectivity index is 2.25. The van der Waals surface area contributed by atoms with Crippen molar-refractivity contribution in [1.82, 2.24) is 5.32 Å². The van der Waals surface area contributed by atoms with Gasteiger partial charge in [0.1, 0.15) is 0 Å². The van der Waals surface area contributed by atoms with Crippen LogP contribution in [0, 0.1) is 0 Å². The number of anilines is 2. The number of carbonyl (C=O) groups is 2. The lowest BCUT2D eigenvalue weighted by molar-refractivity contribution is 0.0963. The molecule has 0 aliphatic carbocycles. The van der Waals surface area contributed by atoms with Gasteiger partial charge in [-0.1, -0.05) is 17.7 Å². The molecule has 0 saturated heterocycles. The highest BCUT2D eigenvalue weighted by molar-refractivity contribution is 6.31. The van der Waals surface area contributed by atoms with Gasteiger partial charge in [-0.3, -0.25) is 9.59 Å². The number of carbonyl (C=O) groups excluding carboxylic acids is 2. The van der Waals surface area contributed by atoms with Gasteiger partial charge >= 0.3 is 0 Å². The lowest BCUT2D eigenvalue weighted by atomic mass is 10.1. The molecule has 0 heterocycles. The summed E-state index contributed by atoms with van der Waals surface area (Å²) in [5.41, 5.74) is 2.20. The number of amides is 2. The molecule has 0 atom stereocenters. The Hall–Kier alpha value is -2.53. The largest absolute Gasteiger partial charge is 0.384 e. The van der Waals surface area contributed by atoms with Crippen LogP contribution >= 0.6 is 11.6 Å². The summed E-state index contributed by atoms with van der Waals surface area (Å²) in [6.45, 7) is 2.68. The molecule has 0 aliphatic rings. The van der Waals surface area contributed by atoms with E-state index in [1.807, 2.05) is 13.0 Å². The summed E-state index contributed by atoms with van der Waals surface area (Å²) in [4.78, 5) is 24.1. The van der Waals surface area contributed by atoms with Crippen LogP contribution in [0.2, 0.25) is 5.02 Å². The second-order valence-electron chi connectivity index (χ2n) is 4.83. The molecule has 0 spiro atoms. The summed E-state index contributed by atoms with van der Waals surface area (Å²) in [5, 5.41) is 9.04. The zero-order valence-electron chi connectivity index (χ0n) is 12.9. The lowest BCUT2D eigenvalue weighted by Gasteiger charge is -2.13. The van der Waals surface area contributed by atoms with Gasteiger partial charge in [0.2, 0.25) is 0 Å². The molecule has 120 valence electrons. The van der Waals surface area contributed by atoms with Crippen LogP contribution in [0.15, 0.2) is 42.5 Å². The fourth-order valence-electron chi connectivity index (χ4n) is 2.10. The predicted octanol–water partition coefficient (Wildman–Crippen LogP) is 3.38. The van der Waals surface area contributed by atoms with Crippen LogP contribution in [0.1, 0.15) is 27.6 Å². The molecule has 2 rings (SSSR count). The number of nitrogens with one attached hydrogen (secondary N) is 3. The summed E-state index contributed by atoms with van der Waals surface area (Å²) in [7, 11) is 1.55. The third-order valence-electron chi connectivity index (χ3n) is 3.21. The summed E-state index contributed by atoms with van der Waals surface area (Å²) in [6.07, 6.45) is 0. The van der Waals surface area contributed by atoms with Crippen LogP contribution in [0.5, 0.6) is 0 Å². The number of benzene rings is 2. The molecule has 0 bridgehead atoms. The SMILES string of the molecule is CCNc1ccc(Cl)cc1NC(=O)c1cccc(C(=O)NC)c1. The van der Waals surface area contributed by atoms with Crippen molar-refractivity contribution < 1.29 is 9.59 Å². The molecular formula is C17H18ClN3O2.